The molecule has 0 saturated carbocycles. The zero-order chi connectivity index (χ0) is 16.3. The van der Waals surface area contributed by atoms with E-state index in [1.807, 2.05) is 7.05 Å². The van der Waals surface area contributed by atoms with Crippen LogP contribution >= 0.6 is 0 Å². The monoisotopic (exact) mass is 316 g/mol. The molecule has 122 valence electrons. The topological polar surface area (TPSA) is 55.6 Å². The number of carbonyl (C=O) groups excluding carboxylic acids is 1. The van der Waals surface area contributed by atoms with Crippen LogP contribution in [0, 0.1) is 0 Å². The number of amides is 1. The minimum absolute atomic E-state index is 0.0967. The summed E-state index contributed by atoms with van der Waals surface area (Å²) in [5, 5.41) is 0. The van der Waals surface area contributed by atoms with Gasteiger partial charge in [0.2, 0.25) is 0 Å². The fraction of sp³-hybridized carbons (Fsp3) is 0.533. The van der Waals surface area contributed by atoms with Gasteiger partial charge in [0.05, 0.1) is 11.1 Å². The lowest BCUT2D eigenvalue weighted by atomic mass is 10.0. The van der Waals surface area contributed by atoms with Crippen LogP contribution in [-0.4, -0.2) is 37.0 Å². The molecule has 1 aliphatic rings. The van der Waals surface area contributed by atoms with E-state index in [-0.39, 0.29) is 17.4 Å². The van der Waals surface area contributed by atoms with Crippen LogP contribution in [0.3, 0.4) is 0 Å². The molecular formula is C15H19F3N2O2. The minimum Gasteiger partial charge on any atom is -0.491 e. The first-order valence-corrected chi connectivity index (χ1v) is 7.13. The molecule has 1 aromatic carbocycles. The lowest BCUT2D eigenvalue weighted by Gasteiger charge is -2.32. The van der Waals surface area contributed by atoms with E-state index in [0.717, 1.165) is 44.0 Å². The summed E-state index contributed by atoms with van der Waals surface area (Å²) in [6.07, 6.45) is -1.34. The zero-order valence-corrected chi connectivity index (χ0v) is 12.3. The van der Waals surface area contributed by atoms with Crippen molar-refractivity contribution in [3.63, 3.8) is 0 Å². The Kier molecular flexibility index (Phi) is 4.95. The van der Waals surface area contributed by atoms with Gasteiger partial charge in [0, 0.05) is 6.04 Å². The number of likely N-dealkylation sites (N-methyl/N-ethyl adjacent to an activating group) is 1. The van der Waals surface area contributed by atoms with Crippen LogP contribution in [0.2, 0.25) is 0 Å². The highest BCUT2D eigenvalue weighted by molar-refractivity contribution is 5.95. The number of hydrogen-bond donors (Lipinski definition) is 1. The lowest BCUT2D eigenvalue weighted by Crippen LogP contribution is -2.40. The van der Waals surface area contributed by atoms with Crippen molar-refractivity contribution in [2.45, 2.75) is 31.5 Å². The average Bonchev–Trinajstić information content (AvgIpc) is 2.45. The van der Waals surface area contributed by atoms with Gasteiger partial charge < -0.3 is 15.4 Å². The van der Waals surface area contributed by atoms with Crippen molar-refractivity contribution in [1.29, 1.82) is 0 Å². The number of rotatable bonds is 4. The molecule has 0 aromatic heterocycles. The highest BCUT2D eigenvalue weighted by atomic mass is 19.4. The first-order valence-electron chi connectivity index (χ1n) is 7.13. The number of hydrogen-bond acceptors (Lipinski definition) is 3. The summed E-state index contributed by atoms with van der Waals surface area (Å²) in [7, 11) is 1.98. The smallest absolute Gasteiger partial charge is 0.416 e. The third-order valence-electron chi connectivity index (χ3n) is 3.93. The molecule has 1 saturated heterocycles. The Labute approximate surface area is 127 Å². The van der Waals surface area contributed by atoms with Gasteiger partial charge in [0.25, 0.3) is 5.91 Å². The minimum atomic E-state index is -4.52. The van der Waals surface area contributed by atoms with Crippen LogP contribution in [0.25, 0.3) is 0 Å². The Morgan fingerprint density at radius 3 is 2.73 bits per heavy atom. The Hall–Kier alpha value is -1.76. The summed E-state index contributed by atoms with van der Waals surface area (Å²) >= 11 is 0. The van der Waals surface area contributed by atoms with E-state index in [2.05, 4.69) is 4.90 Å². The molecule has 2 N–H and O–H groups in total. The molecule has 22 heavy (non-hydrogen) atoms. The number of piperidine rings is 1. The molecule has 1 atom stereocenters. The maximum atomic E-state index is 12.7. The second-order valence-corrected chi connectivity index (χ2v) is 5.51. The summed E-state index contributed by atoms with van der Waals surface area (Å²) in [6.45, 7) is 1.28. The number of benzene rings is 1. The Bertz CT molecular complexity index is 546. The van der Waals surface area contributed by atoms with Crippen molar-refractivity contribution in [2.75, 3.05) is 20.2 Å². The third kappa shape index (κ3) is 3.91. The number of carbonyl (C=O) groups is 1. The molecule has 2 rings (SSSR count). The summed E-state index contributed by atoms with van der Waals surface area (Å²) < 4.78 is 43.6. The first kappa shape index (κ1) is 16.6. The molecule has 1 aliphatic heterocycles. The van der Waals surface area contributed by atoms with Crippen LogP contribution < -0.4 is 10.5 Å². The second-order valence-electron chi connectivity index (χ2n) is 5.51. The molecular weight excluding hydrogens is 297 g/mol. The standard InChI is InChI=1S/C15H19F3N2O2/c1-20-7-3-2-4-11(20)9-22-13-6-5-10(15(16,17)18)8-12(13)14(19)21/h5-6,8,11H,2-4,7,9H2,1H3,(H2,19,21)/t11-/m0/s1. The number of alkyl halides is 3. The Morgan fingerprint density at radius 1 is 1.41 bits per heavy atom. The molecule has 7 heteroatoms. The summed E-state index contributed by atoms with van der Waals surface area (Å²) in [4.78, 5) is 13.5. The van der Waals surface area contributed by atoms with Gasteiger partial charge >= 0.3 is 6.18 Å². The Morgan fingerprint density at radius 2 is 2.14 bits per heavy atom. The fourth-order valence-electron chi connectivity index (χ4n) is 2.57. The predicted molar refractivity (Wildman–Crippen MR) is 75.7 cm³/mol. The number of primary amides is 1. The molecule has 1 heterocycles. The quantitative estimate of drug-likeness (QED) is 0.929. The second kappa shape index (κ2) is 6.56. The van der Waals surface area contributed by atoms with Crippen LogP contribution in [0.1, 0.15) is 35.2 Å². The van der Waals surface area contributed by atoms with Crippen molar-refractivity contribution in [3.05, 3.63) is 29.3 Å². The van der Waals surface area contributed by atoms with Gasteiger partial charge in [-0.3, -0.25) is 4.79 Å². The maximum Gasteiger partial charge on any atom is 0.416 e. The summed E-state index contributed by atoms with van der Waals surface area (Å²) in [6, 6.07) is 2.98. The van der Waals surface area contributed by atoms with Gasteiger partial charge in [-0.25, -0.2) is 0 Å². The number of nitrogens with zero attached hydrogens (tertiary/aromatic N) is 1. The van der Waals surface area contributed by atoms with E-state index in [9.17, 15) is 18.0 Å². The highest BCUT2D eigenvalue weighted by Gasteiger charge is 2.32. The largest absolute Gasteiger partial charge is 0.491 e. The van der Waals surface area contributed by atoms with Gasteiger partial charge in [-0.2, -0.15) is 13.2 Å². The van der Waals surface area contributed by atoms with Crippen LogP contribution in [0.4, 0.5) is 13.2 Å². The van der Waals surface area contributed by atoms with Crippen molar-refractivity contribution >= 4 is 5.91 Å². The number of nitrogens with two attached hydrogens (primary N) is 1. The maximum absolute atomic E-state index is 12.7. The fourth-order valence-corrected chi connectivity index (χ4v) is 2.57. The van der Waals surface area contributed by atoms with Gasteiger partial charge in [0.1, 0.15) is 12.4 Å². The molecule has 4 nitrogen and oxygen atoms in total. The average molecular weight is 316 g/mol. The van der Waals surface area contributed by atoms with Crippen molar-refractivity contribution in [1.82, 2.24) is 4.90 Å². The van der Waals surface area contributed by atoms with Crippen LogP contribution in [-0.2, 0) is 6.18 Å². The van der Waals surface area contributed by atoms with Crippen molar-refractivity contribution < 1.29 is 22.7 Å². The molecule has 0 radical (unpaired) electrons. The van der Waals surface area contributed by atoms with E-state index < -0.39 is 17.6 Å². The van der Waals surface area contributed by atoms with E-state index >= 15 is 0 Å². The van der Waals surface area contributed by atoms with Gasteiger partial charge in [-0.1, -0.05) is 6.42 Å². The SMILES string of the molecule is CN1CCCC[C@H]1COc1ccc(C(F)(F)F)cc1C(N)=O. The van der Waals surface area contributed by atoms with Crippen LogP contribution in [0.15, 0.2) is 18.2 Å². The molecule has 1 fully saturated rings. The summed E-state index contributed by atoms with van der Waals surface area (Å²) in [5.41, 5.74) is 4.01. The molecule has 1 aromatic rings. The molecule has 0 spiro atoms. The molecule has 0 aliphatic carbocycles. The molecule has 0 bridgehead atoms. The van der Waals surface area contributed by atoms with E-state index in [1.54, 1.807) is 0 Å². The highest BCUT2D eigenvalue weighted by Crippen LogP contribution is 2.32. The van der Waals surface area contributed by atoms with Crippen LogP contribution in [0.5, 0.6) is 5.75 Å². The summed E-state index contributed by atoms with van der Waals surface area (Å²) in [5.74, 6) is -0.836. The predicted octanol–water partition coefficient (Wildman–Crippen LogP) is 2.67. The van der Waals surface area contributed by atoms with E-state index in [1.165, 1.54) is 0 Å². The lowest BCUT2D eigenvalue weighted by molar-refractivity contribution is -0.137. The normalized spacial score (nSPS) is 19.9. The van der Waals surface area contributed by atoms with Crippen molar-refractivity contribution in [3.8, 4) is 5.75 Å². The molecule has 1 amide bonds. The van der Waals surface area contributed by atoms with E-state index in [0.29, 0.717) is 6.61 Å². The van der Waals surface area contributed by atoms with Gasteiger partial charge in [-0.05, 0) is 44.6 Å². The van der Waals surface area contributed by atoms with Gasteiger partial charge in [0.15, 0.2) is 0 Å². The number of halogens is 3. The Balaban J connectivity index is 2.14. The van der Waals surface area contributed by atoms with Crippen molar-refractivity contribution in [2.24, 2.45) is 5.73 Å². The van der Waals surface area contributed by atoms with Gasteiger partial charge in [-0.15, -0.1) is 0 Å². The van der Waals surface area contributed by atoms with E-state index in [4.69, 9.17) is 10.5 Å². The number of ether oxygens (including phenoxy) is 1. The molecule has 0 unspecified atom stereocenters. The third-order valence-corrected chi connectivity index (χ3v) is 3.93. The first-order chi connectivity index (χ1) is 10.3. The zero-order valence-electron chi connectivity index (χ0n) is 12.3. The number of likely N-dealkylation sites (tertiary alicyclic amines) is 1.